The Morgan fingerprint density at radius 1 is 1.33 bits per heavy atom. The lowest BCUT2D eigenvalue weighted by atomic mass is 10.2. The van der Waals surface area contributed by atoms with Gasteiger partial charge in [0.05, 0.1) is 23.0 Å². The van der Waals surface area contributed by atoms with Crippen molar-refractivity contribution in [1.29, 1.82) is 5.26 Å². The monoisotopic (exact) mass is 301 g/mol. The van der Waals surface area contributed by atoms with Gasteiger partial charge in [-0.05, 0) is 36.4 Å². The highest BCUT2D eigenvalue weighted by atomic mass is 35.5. The average molecular weight is 302 g/mol. The number of anilines is 2. The highest BCUT2D eigenvalue weighted by Gasteiger charge is 2.07. The van der Waals surface area contributed by atoms with Gasteiger partial charge in [0.25, 0.3) is 5.91 Å². The first-order valence-corrected chi connectivity index (χ1v) is 6.44. The van der Waals surface area contributed by atoms with E-state index in [1.807, 2.05) is 6.07 Å². The van der Waals surface area contributed by atoms with E-state index in [2.05, 4.69) is 5.32 Å². The van der Waals surface area contributed by atoms with E-state index in [9.17, 15) is 4.79 Å². The molecule has 0 atom stereocenters. The predicted octanol–water partition coefficient (Wildman–Crippen LogP) is 2.81. The zero-order chi connectivity index (χ0) is 15.2. The van der Waals surface area contributed by atoms with Crippen LogP contribution in [0.5, 0.6) is 5.75 Å². The number of hydrogen-bond donors (Lipinski definition) is 2. The van der Waals surface area contributed by atoms with E-state index in [0.717, 1.165) is 0 Å². The molecule has 5 nitrogen and oxygen atoms in total. The zero-order valence-electron chi connectivity index (χ0n) is 11.0. The van der Waals surface area contributed by atoms with Gasteiger partial charge in [-0.3, -0.25) is 4.79 Å². The van der Waals surface area contributed by atoms with Crippen LogP contribution in [-0.4, -0.2) is 12.5 Å². The lowest BCUT2D eigenvalue weighted by Gasteiger charge is -2.09. The summed E-state index contributed by atoms with van der Waals surface area (Å²) in [6.45, 7) is -0.167. The van der Waals surface area contributed by atoms with Crippen LogP contribution >= 0.6 is 11.6 Å². The van der Waals surface area contributed by atoms with Gasteiger partial charge in [0.15, 0.2) is 6.61 Å². The molecule has 0 unspecified atom stereocenters. The maximum atomic E-state index is 11.8. The molecule has 0 aliphatic heterocycles. The number of nitriles is 1. The van der Waals surface area contributed by atoms with E-state index < -0.39 is 0 Å². The van der Waals surface area contributed by atoms with Crippen molar-refractivity contribution in [1.82, 2.24) is 0 Å². The maximum absolute atomic E-state index is 11.8. The molecule has 2 aromatic carbocycles. The number of nitrogens with one attached hydrogen (secondary N) is 1. The second kappa shape index (κ2) is 6.64. The fraction of sp³-hybridized carbons (Fsp3) is 0.0667. The molecular weight excluding hydrogens is 290 g/mol. The number of rotatable bonds is 4. The lowest BCUT2D eigenvalue weighted by molar-refractivity contribution is -0.118. The van der Waals surface area contributed by atoms with Gasteiger partial charge in [-0.2, -0.15) is 5.26 Å². The average Bonchev–Trinajstić information content (AvgIpc) is 2.47. The van der Waals surface area contributed by atoms with Crippen molar-refractivity contribution in [3.05, 3.63) is 53.1 Å². The van der Waals surface area contributed by atoms with E-state index >= 15 is 0 Å². The summed E-state index contributed by atoms with van der Waals surface area (Å²) >= 11 is 5.82. The molecule has 1 amide bonds. The second-order valence-corrected chi connectivity index (χ2v) is 4.64. The number of hydrogen-bond acceptors (Lipinski definition) is 4. The molecule has 0 saturated carbocycles. The van der Waals surface area contributed by atoms with Crippen LogP contribution in [0.2, 0.25) is 5.02 Å². The number of nitrogens with two attached hydrogens (primary N) is 1. The summed E-state index contributed by atoms with van der Waals surface area (Å²) in [4.78, 5) is 11.8. The summed E-state index contributed by atoms with van der Waals surface area (Å²) in [6, 6.07) is 13.4. The van der Waals surface area contributed by atoms with Crippen molar-refractivity contribution in [3.8, 4) is 11.8 Å². The van der Waals surface area contributed by atoms with Gasteiger partial charge >= 0.3 is 0 Å². The highest BCUT2D eigenvalue weighted by molar-refractivity contribution is 6.30. The molecule has 0 heterocycles. The molecule has 6 heteroatoms. The smallest absolute Gasteiger partial charge is 0.262 e. The van der Waals surface area contributed by atoms with Crippen molar-refractivity contribution in [2.75, 3.05) is 17.7 Å². The van der Waals surface area contributed by atoms with E-state index in [-0.39, 0.29) is 12.5 Å². The van der Waals surface area contributed by atoms with Crippen molar-refractivity contribution in [2.24, 2.45) is 0 Å². The van der Waals surface area contributed by atoms with Gasteiger partial charge in [0.2, 0.25) is 0 Å². The third kappa shape index (κ3) is 4.13. The molecule has 21 heavy (non-hydrogen) atoms. The summed E-state index contributed by atoms with van der Waals surface area (Å²) in [5.74, 6) is 0.150. The van der Waals surface area contributed by atoms with Crippen LogP contribution in [0.1, 0.15) is 5.56 Å². The fourth-order valence-electron chi connectivity index (χ4n) is 1.64. The molecule has 0 aliphatic rings. The lowest BCUT2D eigenvalue weighted by Crippen LogP contribution is -2.20. The van der Waals surface area contributed by atoms with Gasteiger partial charge in [-0.1, -0.05) is 17.7 Å². The Bertz CT molecular complexity index is 710. The minimum Gasteiger partial charge on any atom is -0.484 e. The summed E-state index contributed by atoms with van der Waals surface area (Å²) in [6.07, 6.45) is 0. The first-order valence-electron chi connectivity index (χ1n) is 6.06. The van der Waals surface area contributed by atoms with Crippen molar-refractivity contribution < 1.29 is 9.53 Å². The Morgan fingerprint density at radius 3 is 2.81 bits per heavy atom. The number of amides is 1. The van der Waals surface area contributed by atoms with Crippen LogP contribution in [0.4, 0.5) is 11.4 Å². The number of nitrogens with zero attached hydrogens (tertiary/aromatic N) is 1. The molecule has 0 spiro atoms. The van der Waals surface area contributed by atoms with Gasteiger partial charge in [0.1, 0.15) is 5.75 Å². The molecule has 3 N–H and O–H groups in total. The van der Waals surface area contributed by atoms with Gasteiger partial charge < -0.3 is 15.8 Å². The Balaban J connectivity index is 1.95. The van der Waals surface area contributed by atoms with E-state index in [1.165, 1.54) is 6.07 Å². The van der Waals surface area contributed by atoms with Crippen LogP contribution in [0.25, 0.3) is 0 Å². The van der Waals surface area contributed by atoms with Crippen LogP contribution in [0.3, 0.4) is 0 Å². The molecule has 0 fully saturated rings. The number of carbonyl (C=O) groups is 1. The van der Waals surface area contributed by atoms with E-state index in [4.69, 9.17) is 27.3 Å². The maximum Gasteiger partial charge on any atom is 0.262 e. The first kappa shape index (κ1) is 14.7. The SMILES string of the molecule is N#Cc1ccc(NC(=O)COc2cccc(Cl)c2)c(N)c1. The Hall–Kier alpha value is -2.71. The number of nitrogen functional groups attached to an aromatic ring is 1. The normalized spacial score (nSPS) is 9.71. The van der Waals surface area contributed by atoms with E-state index in [0.29, 0.717) is 27.7 Å². The molecule has 0 saturated heterocycles. The van der Waals surface area contributed by atoms with Crippen molar-refractivity contribution >= 4 is 28.9 Å². The van der Waals surface area contributed by atoms with Crippen LogP contribution in [-0.2, 0) is 4.79 Å². The van der Waals surface area contributed by atoms with Gasteiger partial charge in [-0.15, -0.1) is 0 Å². The second-order valence-electron chi connectivity index (χ2n) is 4.21. The quantitative estimate of drug-likeness (QED) is 0.850. The fourth-order valence-corrected chi connectivity index (χ4v) is 1.82. The number of carbonyl (C=O) groups excluding carboxylic acids is 1. The molecule has 0 aromatic heterocycles. The molecule has 0 radical (unpaired) electrons. The number of halogens is 1. The molecule has 2 rings (SSSR count). The minimum absolute atomic E-state index is 0.167. The van der Waals surface area contributed by atoms with Crippen LogP contribution in [0.15, 0.2) is 42.5 Å². The molecule has 2 aromatic rings. The van der Waals surface area contributed by atoms with E-state index in [1.54, 1.807) is 36.4 Å². The highest BCUT2D eigenvalue weighted by Crippen LogP contribution is 2.20. The minimum atomic E-state index is -0.355. The van der Waals surface area contributed by atoms with Gasteiger partial charge in [-0.25, -0.2) is 0 Å². The summed E-state index contributed by atoms with van der Waals surface area (Å²) < 4.78 is 5.32. The summed E-state index contributed by atoms with van der Waals surface area (Å²) in [5, 5.41) is 11.9. The topological polar surface area (TPSA) is 88.1 Å². The molecular formula is C15H12ClN3O2. The predicted molar refractivity (Wildman–Crippen MR) is 81.1 cm³/mol. The Kier molecular flexibility index (Phi) is 4.64. The third-order valence-corrected chi connectivity index (χ3v) is 2.86. The Labute approximate surface area is 126 Å². The summed E-state index contributed by atoms with van der Waals surface area (Å²) in [7, 11) is 0. The van der Waals surface area contributed by atoms with Crippen molar-refractivity contribution in [3.63, 3.8) is 0 Å². The third-order valence-electron chi connectivity index (χ3n) is 2.62. The molecule has 0 aliphatic carbocycles. The summed E-state index contributed by atoms with van der Waals surface area (Å²) in [5.41, 5.74) is 6.94. The standard InChI is InChI=1S/C15H12ClN3O2/c16-11-2-1-3-12(7-11)21-9-15(20)19-14-5-4-10(8-17)6-13(14)18/h1-7H,9,18H2,(H,19,20). The largest absolute Gasteiger partial charge is 0.484 e. The zero-order valence-corrected chi connectivity index (χ0v) is 11.7. The van der Waals surface area contributed by atoms with Gasteiger partial charge in [0, 0.05) is 5.02 Å². The number of benzene rings is 2. The molecule has 0 bridgehead atoms. The number of ether oxygens (including phenoxy) is 1. The van der Waals surface area contributed by atoms with Crippen LogP contribution in [0, 0.1) is 11.3 Å². The Morgan fingerprint density at radius 2 is 2.14 bits per heavy atom. The molecule has 106 valence electrons. The first-order chi connectivity index (χ1) is 10.1. The van der Waals surface area contributed by atoms with Crippen LogP contribution < -0.4 is 15.8 Å². The van der Waals surface area contributed by atoms with Crippen molar-refractivity contribution in [2.45, 2.75) is 0 Å².